The molecular formula is C20H12ClF3N2O3. The highest BCUT2D eigenvalue weighted by Crippen LogP contribution is 2.31. The smallest absolute Gasteiger partial charge is 0.326 e. The van der Waals surface area contributed by atoms with E-state index in [1.165, 1.54) is 42.5 Å². The normalized spacial score (nSPS) is 10.3. The maximum atomic E-state index is 13.6. The molecule has 0 unspecified atom stereocenters. The molecule has 0 bridgehead atoms. The lowest BCUT2D eigenvalue weighted by molar-refractivity contribution is 0.0959. The maximum Gasteiger partial charge on any atom is 0.326 e. The van der Waals surface area contributed by atoms with Crippen LogP contribution in [0.15, 0.2) is 60.7 Å². The topological polar surface area (TPSA) is 67.4 Å². The third kappa shape index (κ3) is 5.05. The van der Waals surface area contributed by atoms with E-state index in [9.17, 15) is 22.8 Å². The van der Waals surface area contributed by atoms with Gasteiger partial charge in [0.25, 0.3) is 5.91 Å². The van der Waals surface area contributed by atoms with Gasteiger partial charge in [-0.25, -0.2) is 18.0 Å². The number of urea groups is 1. The van der Waals surface area contributed by atoms with Crippen LogP contribution >= 0.6 is 11.6 Å². The number of carbonyl (C=O) groups excluding carboxylic acids is 2. The summed E-state index contributed by atoms with van der Waals surface area (Å²) >= 11 is 6.10. The summed E-state index contributed by atoms with van der Waals surface area (Å²) < 4.78 is 45.6. The van der Waals surface area contributed by atoms with Gasteiger partial charge in [0.05, 0.1) is 5.02 Å². The molecule has 0 radical (unpaired) electrons. The number of anilines is 1. The fraction of sp³-hybridized carbons (Fsp3) is 0. The molecule has 3 rings (SSSR count). The zero-order valence-electron chi connectivity index (χ0n) is 14.5. The van der Waals surface area contributed by atoms with Gasteiger partial charge in [-0.05, 0) is 54.6 Å². The Kier molecular flexibility index (Phi) is 6.04. The predicted molar refractivity (Wildman–Crippen MR) is 101 cm³/mol. The van der Waals surface area contributed by atoms with E-state index in [2.05, 4.69) is 5.32 Å². The summed E-state index contributed by atoms with van der Waals surface area (Å²) in [6, 6.07) is 11.4. The average Bonchev–Trinajstić information content (AvgIpc) is 2.65. The summed E-state index contributed by atoms with van der Waals surface area (Å²) in [4.78, 5) is 23.9. The van der Waals surface area contributed by atoms with Crippen molar-refractivity contribution in [3.05, 3.63) is 88.7 Å². The first-order chi connectivity index (χ1) is 13.8. The number of hydrogen-bond acceptors (Lipinski definition) is 3. The summed E-state index contributed by atoms with van der Waals surface area (Å²) in [5, 5.41) is 4.27. The van der Waals surface area contributed by atoms with Crippen molar-refractivity contribution in [2.24, 2.45) is 0 Å². The molecule has 0 atom stereocenters. The molecule has 0 aliphatic rings. The number of carbonyl (C=O) groups is 2. The minimum Gasteiger partial charge on any atom is -0.456 e. The van der Waals surface area contributed by atoms with Crippen LogP contribution in [0.25, 0.3) is 0 Å². The Bertz CT molecular complexity index is 1050. The van der Waals surface area contributed by atoms with Gasteiger partial charge in [0.2, 0.25) is 0 Å². The monoisotopic (exact) mass is 420 g/mol. The highest BCUT2D eigenvalue weighted by atomic mass is 35.5. The number of halogens is 4. The van der Waals surface area contributed by atoms with E-state index >= 15 is 0 Å². The minimum absolute atomic E-state index is 0.124. The molecule has 3 amide bonds. The molecule has 9 heteroatoms. The molecule has 3 aromatic rings. The van der Waals surface area contributed by atoms with Gasteiger partial charge >= 0.3 is 6.03 Å². The zero-order chi connectivity index (χ0) is 21.0. The van der Waals surface area contributed by atoms with Gasteiger partial charge in [0.15, 0.2) is 0 Å². The molecular weight excluding hydrogens is 409 g/mol. The number of ether oxygens (including phenoxy) is 1. The molecule has 148 valence electrons. The quantitative estimate of drug-likeness (QED) is 0.584. The van der Waals surface area contributed by atoms with Crippen molar-refractivity contribution in [3.8, 4) is 11.5 Å². The number of nitrogens with one attached hydrogen (secondary N) is 2. The molecule has 0 saturated heterocycles. The number of hydrogen-bond donors (Lipinski definition) is 2. The van der Waals surface area contributed by atoms with Crippen LogP contribution in [-0.4, -0.2) is 11.9 Å². The Labute approximate surface area is 168 Å². The predicted octanol–water partition coefficient (Wildman–Crippen LogP) is 5.51. The maximum absolute atomic E-state index is 13.6. The van der Waals surface area contributed by atoms with E-state index in [-0.39, 0.29) is 16.5 Å². The summed E-state index contributed by atoms with van der Waals surface area (Å²) in [5.41, 5.74) is -0.676. The Hall–Kier alpha value is -3.52. The molecule has 3 aromatic carbocycles. The highest BCUT2D eigenvalue weighted by Gasteiger charge is 2.19. The summed E-state index contributed by atoms with van der Waals surface area (Å²) in [6.07, 6.45) is 0. The van der Waals surface area contributed by atoms with Crippen LogP contribution in [0.4, 0.5) is 23.7 Å². The van der Waals surface area contributed by atoms with Crippen molar-refractivity contribution in [2.75, 3.05) is 5.32 Å². The van der Waals surface area contributed by atoms with Crippen LogP contribution in [0.5, 0.6) is 11.5 Å². The number of benzene rings is 3. The SMILES string of the molecule is O=C(NC(=O)c1c(F)cccc1F)Nc1ccc(Oc2ccc(F)cc2)c(Cl)c1. The summed E-state index contributed by atoms with van der Waals surface area (Å²) in [7, 11) is 0. The second-order valence-corrected chi connectivity index (χ2v) is 6.11. The van der Waals surface area contributed by atoms with Crippen LogP contribution < -0.4 is 15.4 Å². The number of amides is 3. The molecule has 0 aliphatic heterocycles. The van der Waals surface area contributed by atoms with E-state index < -0.39 is 35.0 Å². The van der Waals surface area contributed by atoms with Crippen molar-refractivity contribution < 1.29 is 27.5 Å². The first-order valence-corrected chi connectivity index (χ1v) is 8.50. The van der Waals surface area contributed by atoms with Crippen molar-refractivity contribution in [1.82, 2.24) is 5.32 Å². The van der Waals surface area contributed by atoms with Gasteiger partial charge in [-0.3, -0.25) is 10.1 Å². The van der Waals surface area contributed by atoms with Gasteiger partial charge in [-0.1, -0.05) is 17.7 Å². The lowest BCUT2D eigenvalue weighted by Crippen LogP contribution is -2.35. The Balaban J connectivity index is 1.65. The molecule has 29 heavy (non-hydrogen) atoms. The molecule has 0 spiro atoms. The summed E-state index contributed by atoms with van der Waals surface area (Å²) in [6.45, 7) is 0. The van der Waals surface area contributed by atoms with Crippen LogP contribution in [0.1, 0.15) is 10.4 Å². The number of imide groups is 1. The fourth-order valence-electron chi connectivity index (χ4n) is 2.33. The molecule has 5 nitrogen and oxygen atoms in total. The van der Waals surface area contributed by atoms with E-state index in [4.69, 9.17) is 16.3 Å². The Morgan fingerprint density at radius 3 is 2.17 bits per heavy atom. The molecule has 0 heterocycles. The van der Waals surface area contributed by atoms with E-state index in [0.29, 0.717) is 5.75 Å². The van der Waals surface area contributed by atoms with Crippen molar-refractivity contribution in [2.45, 2.75) is 0 Å². The van der Waals surface area contributed by atoms with Crippen molar-refractivity contribution in [3.63, 3.8) is 0 Å². The van der Waals surface area contributed by atoms with E-state index in [1.54, 1.807) is 0 Å². The molecule has 2 N–H and O–H groups in total. The van der Waals surface area contributed by atoms with Crippen LogP contribution in [-0.2, 0) is 0 Å². The van der Waals surface area contributed by atoms with Gasteiger partial charge in [-0.2, -0.15) is 0 Å². The second-order valence-electron chi connectivity index (χ2n) is 5.71. The van der Waals surface area contributed by atoms with E-state index in [0.717, 1.165) is 18.2 Å². The first kappa shape index (κ1) is 20.2. The van der Waals surface area contributed by atoms with Gasteiger partial charge < -0.3 is 10.1 Å². The van der Waals surface area contributed by atoms with Crippen molar-refractivity contribution in [1.29, 1.82) is 0 Å². The Morgan fingerprint density at radius 2 is 1.55 bits per heavy atom. The van der Waals surface area contributed by atoms with Gasteiger partial charge in [0.1, 0.15) is 34.5 Å². The lowest BCUT2D eigenvalue weighted by Gasteiger charge is -2.11. The largest absolute Gasteiger partial charge is 0.456 e. The molecule has 0 aromatic heterocycles. The highest BCUT2D eigenvalue weighted by molar-refractivity contribution is 6.32. The molecule has 0 aliphatic carbocycles. The third-order valence-electron chi connectivity index (χ3n) is 3.65. The summed E-state index contributed by atoms with van der Waals surface area (Å²) in [5.74, 6) is -3.25. The minimum atomic E-state index is -1.24. The first-order valence-electron chi connectivity index (χ1n) is 8.13. The Morgan fingerprint density at radius 1 is 0.897 bits per heavy atom. The van der Waals surface area contributed by atoms with Crippen LogP contribution in [0.3, 0.4) is 0 Å². The zero-order valence-corrected chi connectivity index (χ0v) is 15.3. The second kappa shape index (κ2) is 8.66. The van der Waals surface area contributed by atoms with Crippen LogP contribution in [0.2, 0.25) is 5.02 Å². The third-order valence-corrected chi connectivity index (χ3v) is 3.94. The van der Waals surface area contributed by atoms with Crippen LogP contribution in [0, 0.1) is 17.5 Å². The van der Waals surface area contributed by atoms with Crippen molar-refractivity contribution >= 4 is 29.2 Å². The van der Waals surface area contributed by atoms with Gasteiger partial charge in [-0.15, -0.1) is 0 Å². The lowest BCUT2D eigenvalue weighted by atomic mass is 10.2. The standard InChI is InChI=1S/C20H12ClF3N2O3/c21-14-10-12(6-9-17(14)29-13-7-4-11(22)5-8-13)25-20(28)26-19(27)18-15(23)2-1-3-16(18)24/h1-10H,(H2,25,26,27,28). The molecule has 0 fully saturated rings. The fourth-order valence-corrected chi connectivity index (χ4v) is 2.55. The van der Waals surface area contributed by atoms with Gasteiger partial charge in [0, 0.05) is 5.69 Å². The average molecular weight is 421 g/mol. The number of rotatable bonds is 4. The van der Waals surface area contributed by atoms with E-state index in [1.807, 2.05) is 5.32 Å². The molecule has 0 saturated carbocycles.